The summed E-state index contributed by atoms with van der Waals surface area (Å²) in [6.45, 7) is 4.96. The highest BCUT2D eigenvalue weighted by Crippen LogP contribution is 2.79. The van der Waals surface area contributed by atoms with E-state index in [2.05, 4.69) is 5.32 Å². The molecule has 2 N–H and O–H groups in total. The molecule has 26 heavy (non-hydrogen) atoms. The lowest BCUT2D eigenvalue weighted by Gasteiger charge is -2.60. The van der Waals surface area contributed by atoms with E-state index in [0.717, 1.165) is 0 Å². The predicted octanol–water partition coefficient (Wildman–Crippen LogP) is 3.00. The molecule has 10 heteroatoms. The van der Waals surface area contributed by atoms with Gasteiger partial charge in [0.05, 0.1) is 23.1 Å². The number of nitrogens with one attached hydrogen (secondary N) is 1. The monoisotopic (exact) mass is 385 g/mol. The number of aromatic carboxylic acids is 1. The number of carbonyl (C=O) groups excluding carboxylic acids is 1. The summed E-state index contributed by atoms with van der Waals surface area (Å²) in [5.74, 6) is -0.744. The van der Waals surface area contributed by atoms with Gasteiger partial charge in [-0.1, -0.05) is 0 Å². The first-order valence-electron chi connectivity index (χ1n) is 8.08. The first-order chi connectivity index (χ1) is 12.2. The minimum Gasteiger partial charge on any atom is -0.493 e. The largest absolute Gasteiger partial charge is 0.493 e. The number of ether oxygens (including phenoxy) is 2. The topological polar surface area (TPSA) is 113 Å². The molecule has 3 fully saturated rings. The first kappa shape index (κ1) is 17.4. The summed E-state index contributed by atoms with van der Waals surface area (Å²) in [5.41, 5.74) is 0.00648. The number of hydrogen-bond donors (Lipinski definition) is 2. The molecule has 0 radical (unpaired) electrons. The van der Waals surface area contributed by atoms with Crippen LogP contribution in [-0.2, 0) is 17.3 Å². The van der Waals surface area contributed by atoms with E-state index in [1.807, 2.05) is 0 Å². The Bertz CT molecular complexity index is 772. The van der Waals surface area contributed by atoms with E-state index < -0.39 is 35.0 Å². The van der Waals surface area contributed by atoms with E-state index in [0.29, 0.717) is 29.2 Å². The standard InChI is InChI=1S/C16H19NO8S/c1-16(2,3)22-14(20)17-10-4-5-21-11-6-9(13(18)19)12(7-8(10)11)26-23-15(24-26)25-26/h6-7,10,15H,4-5H2,1-3H3,(H,17,20)(H,18,19)/t10-/m0/s1. The average molecular weight is 385 g/mol. The summed E-state index contributed by atoms with van der Waals surface area (Å²) in [7, 11) is -2.44. The minimum atomic E-state index is -2.44. The van der Waals surface area contributed by atoms with Crippen LogP contribution >= 0.6 is 10.9 Å². The van der Waals surface area contributed by atoms with Gasteiger partial charge in [0, 0.05) is 12.0 Å². The van der Waals surface area contributed by atoms with Crippen molar-refractivity contribution in [2.24, 2.45) is 0 Å². The highest BCUT2D eigenvalue weighted by atomic mass is 32.3. The van der Waals surface area contributed by atoms with E-state index in [-0.39, 0.29) is 11.6 Å². The Labute approximate surface area is 151 Å². The molecule has 9 nitrogen and oxygen atoms in total. The van der Waals surface area contributed by atoms with Crippen LogP contribution in [0, 0.1) is 0 Å². The highest BCUT2D eigenvalue weighted by Gasteiger charge is 2.63. The van der Waals surface area contributed by atoms with Gasteiger partial charge >= 0.3 is 18.5 Å². The van der Waals surface area contributed by atoms with Gasteiger partial charge in [0.1, 0.15) is 22.2 Å². The van der Waals surface area contributed by atoms with Crippen molar-refractivity contribution in [1.82, 2.24) is 5.32 Å². The Morgan fingerprint density at radius 1 is 1.27 bits per heavy atom. The molecule has 3 saturated heterocycles. The lowest BCUT2D eigenvalue weighted by Crippen LogP contribution is -2.50. The number of carboxylic acids is 1. The van der Waals surface area contributed by atoms with Crippen LogP contribution in [0.4, 0.5) is 4.79 Å². The third-order valence-corrected chi connectivity index (χ3v) is 6.07. The third kappa shape index (κ3) is 2.88. The number of benzene rings is 1. The zero-order valence-electron chi connectivity index (χ0n) is 14.4. The second-order valence-electron chi connectivity index (χ2n) is 7.06. The molecule has 2 bridgehead atoms. The third-order valence-electron chi connectivity index (χ3n) is 3.96. The molecule has 1 amide bonds. The van der Waals surface area contributed by atoms with E-state index in [9.17, 15) is 14.7 Å². The van der Waals surface area contributed by atoms with Crippen molar-refractivity contribution in [3.05, 3.63) is 23.3 Å². The van der Waals surface area contributed by atoms with Crippen LogP contribution in [0.3, 0.4) is 0 Å². The summed E-state index contributed by atoms with van der Waals surface area (Å²) in [5, 5.41) is 12.3. The van der Waals surface area contributed by atoms with E-state index in [1.54, 1.807) is 26.8 Å². The van der Waals surface area contributed by atoms with Crippen molar-refractivity contribution in [3.63, 3.8) is 0 Å². The molecular weight excluding hydrogens is 366 g/mol. The summed E-state index contributed by atoms with van der Waals surface area (Å²) in [6, 6.07) is 2.64. The van der Waals surface area contributed by atoms with Gasteiger partial charge in [0.15, 0.2) is 0 Å². The van der Waals surface area contributed by atoms with Crippen LogP contribution in [-0.4, -0.2) is 35.9 Å². The highest BCUT2D eigenvalue weighted by molar-refractivity contribution is 8.24. The maximum atomic E-state index is 12.1. The van der Waals surface area contributed by atoms with Gasteiger partial charge < -0.3 is 19.9 Å². The molecule has 0 aliphatic carbocycles. The summed E-state index contributed by atoms with van der Waals surface area (Å²) in [4.78, 5) is 24.1. The van der Waals surface area contributed by atoms with Gasteiger partial charge in [0.2, 0.25) is 0 Å². The van der Waals surface area contributed by atoms with Gasteiger partial charge in [-0.05, 0) is 32.9 Å². The van der Waals surface area contributed by atoms with Crippen molar-refractivity contribution >= 4 is 22.9 Å². The molecule has 4 heterocycles. The molecular formula is C16H19NO8S. The minimum absolute atomic E-state index is 0.00480. The van der Waals surface area contributed by atoms with Crippen molar-refractivity contribution in [2.45, 2.75) is 50.2 Å². The number of amides is 1. The van der Waals surface area contributed by atoms with Crippen molar-refractivity contribution in [1.29, 1.82) is 0 Å². The number of carbonyl (C=O) groups is 2. The normalized spacial score (nSPS) is 31.2. The zero-order valence-corrected chi connectivity index (χ0v) is 15.3. The fraction of sp³-hybridized carbons (Fsp3) is 0.500. The number of hydrogen-bond acceptors (Lipinski definition) is 7. The average Bonchev–Trinajstić information content (AvgIpc) is 2.41. The Balaban J connectivity index is 1.66. The Morgan fingerprint density at radius 2 is 1.96 bits per heavy atom. The van der Waals surface area contributed by atoms with Crippen LogP contribution in [0.5, 0.6) is 5.75 Å². The molecule has 0 unspecified atom stereocenters. The van der Waals surface area contributed by atoms with Gasteiger partial charge in [-0.25, -0.2) is 22.1 Å². The fourth-order valence-electron chi connectivity index (χ4n) is 2.88. The number of fused-ring (bicyclic) bond motifs is 1. The molecule has 0 spiro atoms. The SMILES string of the molecule is CC(C)(C)OC(=O)N[C@H]1CCOc2cc(C(=O)O)c(S34OC(O3)O4)cc21. The van der Waals surface area contributed by atoms with Gasteiger partial charge in [-0.2, -0.15) is 0 Å². The molecule has 1 aromatic carbocycles. The van der Waals surface area contributed by atoms with Gasteiger partial charge in [-0.3, -0.25) is 0 Å². The Kier molecular flexibility index (Phi) is 3.85. The first-order valence-corrected chi connectivity index (χ1v) is 9.49. The van der Waals surface area contributed by atoms with Crippen LogP contribution < -0.4 is 10.1 Å². The summed E-state index contributed by atoms with van der Waals surface area (Å²) in [6.07, 6.45) is -0.0353. The molecule has 4 aliphatic heterocycles. The van der Waals surface area contributed by atoms with Crippen LogP contribution in [0.25, 0.3) is 0 Å². The van der Waals surface area contributed by atoms with Crippen LogP contribution in [0.15, 0.2) is 17.0 Å². The van der Waals surface area contributed by atoms with Crippen molar-refractivity contribution < 1.29 is 36.7 Å². The second-order valence-corrected chi connectivity index (χ2v) is 8.98. The van der Waals surface area contributed by atoms with E-state index in [4.69, 9.17) is 22.0 Å². The molecule has 1 atom stereocenters. The molecule has 0 saturated carbocycles. The molecule has 4 aliphatic rings. The van der Waals surface area contributed by atoms with Crippen LogP contribution in [0.1, 0.15) is 49.2 Å². The molecule has 0 aromatic heterocycles. The fourth-order valence-corrected chi connectivity index (χ4v) is 4.54. The lowest BCUT2D eigenvalue weighted by atomic mass is 9.99. The Hall–Kier alpha value is -2.01. The summed E-state index contributed by atoms with van der Waals surface area (Å²) >= 11 is 0. The number of rotatable bonds is 3. The molecule has 142 valence electrons. The molecule has 5 rings (SSSR count). The predicted molar refractivity (Wildman–Crippen MR) is 88.5 cm³/mol. The van der Waals surface area contributed by atoms with Crippen molar-refractivity contribution in [2.75, 3.05) is 6.61 Å². The Morgan fingerprint density at radius 3 is 2.50 bits per heavy atom. The number of alkyl carbamates (subject to hydrolysis) is 1. The number of carboxylic acid groups (broad SMARTS) is 1. The molecule has 1 aromatic rings. The zero-order chi connectivity index (χ0) is 18.7. The van der Waals surface area contributed by atoms with Gasteiger partial charge in [-0.15, -0.1) is 0 Å². The quantitative estimate of drug-likeness (QED) is 0.816. The van der Waals surface area contributed by atoms with Gasteiger partial charge in [0.25, 0.3) is 0 Å². The van der Waals surface area contributed by atoms with Crippen LogP contribution in [0.2, 0.25) is 0 Å². The van der Waals surface area contributed by atoms with E-state index in [1.165, 1.54) is 6.07 Å². The summed E-state index contributed by atoms with van der Waals surface area (Å²) < 4.78 is 27.1. The van der Waals surface area contributed by atoms with Crippen molar-refractivity contribution in [3.8, 4) is 5.75 Å². The maximum Gasteiger partial charge on any atom is 0.408 e. The maximum absolute atomic E-state index is 12.1. The van der Waals surface area contributed by atoms with E-state index >= 15 is 0 Å². The second kappa shape index (κ2) is 5.74. The lowest BCUT2D eigenvalue weighted by molar-refractivity contribution is -0.302. The smallest absolute Gasteiger partial charge is 0.408 e.